The number of guanidine groups is 1. The van der Waals surface area contributed by atoms with Crippen molar-refractivity contribution in [3.8, 4) is 0 Å². The Hall–Kier alpha value is -1.60. The van der Waals surface area contributed by atoms with Crippen LogP contribution in [0.2, 0.25) is 0 Å². The molecule has 25 heavy (non-hydrogen) atoms. The summed E-state index contributed by atoms with van der Waals surface area (Å²) in [4.78, 5) is 4.68. The highest BCUT2D eigenvalue weighted by atomic mass is 127. The number of ether oxygens (including phenoxy) is 1. The molecule has 0 saturated heterocycles. The molecule has 0 atom stereocenters. The molecule has 0 amide bonds. The number of nitrogens with zero attached hydrogens (tertiary/aromatic N) is 1. The summed E-state index contributed by atoms with van der Waals surface area (Å²) in [6.07, 6.45) is 0. The highest BCUT2D eigenvalue weighted by molar-refractivity contribution is 14.0. The molecule has 0 bridgehead atoms. The molecule has 0 heterocycles. The number of halogens is 1. The van der Waals surface area contributed by atoms with E-state index in [1.165, 1.54) is 22.3 Å². The first-order valence-corrected chi connectivity index (χ1v) is 8.36. The lowest BCUT2D eigenvalue weighted by molar-refractivity contribution is 0.185. The molecule has 0 fully saturated rings. The summed E-state index contributed by atoms with van der Waals surface area (Å²) in [6, 6.07) is 16.7. The maximum atomic E-state index is 5.19. The third-order valence-corrected chi connectivity index (χ3v) is 3.77. The van der Waals surface area contributed by atoms with Crippen molar-refractivity contribution in [2.75, 3.05) is 13.7 Å². The van der Waals surface area contributed by atoms with E-state index in [0.29, 0.717) is 13.2 Å². The zero-order chi connectivity index (χ0) is 17.2. The molecule has 0 aromatic heterocycles. The second-order valence-corrected chi connectivity index (χ2v) is 5.73. The van der Waals surface area contributed by atoms with Gasteiger partial charge in [0.15, 0.2) is 5.96 Å². The van der Waals surface area contributed by atoms with Gasteiger partial charge in [0.05, 0.1) is 13.2 Å². The van der Waals surface area contributed by atoms with Crippen LogP contribution in [0, 0.1) is 6.92 Å². The van der Waals surface area contributed by atoms with E-state index in [1.807, 2.05) is 6.07 Å². The van der Waals surface area contributed by atoms with Crippen molar-refractivity contribution < 1.29 is 4.74 Å². The Morgan fingerprint density at radius 1 is 1.04 bits per heavy atom. The second-order valence-electron chi connectivity index (χ2n) is 5.73. The number of methoxy groups -OCH3 is 1. The lowest BCUT2D eigenvalue weighted by Crippen LogP contribution is -2.36. The normalized spacial score (nSPS) is 10.9. The molecule has 2 rings (SSSR count). The molecule has 5 heteroatoms. The fourth-order valence-corrected chi connectivity index (χ4v) is 2.48. The number of aryl methyl sites for hydroxylation is 1. The first-order valence-electron chi connectivity index (χ1n) is 8.36. The maximum Gasteiger partial charge on any atom is 0.191 e. The molecule has 0 aliphatic heterocycles. The molecule has 2 aromatic carbocycles. The van der Waals surface area contributed by atoms with Gasteiger partial charge in [-0.05, 0) is 36.1 Å². The van der Waals surface area contributed by atoms with E-state index in [-0.39, 0.29) is 24.0 Å². The SMILES string of the molecule is CCNC(=NCc1cccc(COC)c1)NCc1ccccc1C.I. The number of nitrogens with one attached hydrogen (secondary N) is 2. The third kappa shape index (κ3) is 7.44. The van der Waals surface area contributed by atoms with Gasteiger partial charge in [0.2, 0.25) is 0 Å². The van der Waals surface area contributed by atoms with Gasteiger partial charge >= 0.3 is 0 Å². The fourth-order valence-electron chi connectivity index (χ4n) is 2.48. The minimum Gasteiger partial charge on any atom is -0.380 e. The lowest BCUT2D eigenvalue weighted by Gasteiger charge is -2.13. The topological polar surface area (TPSA) is 45.7 Å². The Labute approximate surface area is 168 Å². The largest absolute Gasteiger partial charge is 0.380 e. The van der Waals surface area contributed by atoms with Crippen LogP contribution in [-0.4, -0.2) is 19.6 Å². The number of hydrogen-bond donors (Lipinski definition) is 2. The Kier molecular flexibility index (Phi) is 10.2. The second kappa shape index (κ2) is 11.9. The predicted molar refractivity (Wildman–Crippen MR) is 115 cm³/mol. The van der Waals surface area contributed by atoms with E-state index >= 15 is 0 Å². The van der Waals surface area contributed by atoms with Gasteiger partial charge in [-0.2, -0.15) is 0 Å². The Morgan fingerprint density at radius 2 is 1.80 bits per heavy atom. The minimum absolute atomic E-state index is 0. The monoisotopic (exact) mass is 453 g/mol. The van der Waals surface area contributed by atoms with E-state index in [2.05, 4.69) is 71.9 Å². The first kappa shape index (κ1) is 21.4. The molecule has 4 nitrogen and oxygen atoms in total. The Balaban J connectivity index is 0.00000312. The Morgan fingerprint density at radius 3 is 2.52 bits per heavy atom. The van der Waals surface area contributed by atoms with E-state index in [4.69, 9.17) is 4.74 Å². The minimum atomic E-state index is 0. The first-order chi connectivity index (χ1) is 11.7. The van der Waals surface area contributed by atoms with Crippen LogP contribution in [0.25, 0.3) is 0 Å². The molecule has 0 aliphatic carbocycles. The molecule has 2 aromatic rings. The predicted octanol–water partition coefficient (Wildman–Crippen LogP) is 4.01. The highest BCUT2D eigenvalue weighted by Crippen LogP contribution is 2.08. The van der Waals surface area contributed by atoms with Crippen molar-refractivity contribution in [2.24, 2.45) is 4.99 Å². The van der Waals surface area contributed by atoms with E-state index < -0.39 is 0 Å². The van der Waals surface area contributed by atoms with Crippen molar-refractivity contribution in [3.63, 3.8) is 0 Å². The number of benzene rings is 2. The Bertz CT molecular complexity index is 673. The third-order valence-electron chi connectivity index (χ3n) is 3.77. The number of hydrogen-bond acceptors (Lipinski definition) is 2. The molecule has 0 aliphatic rings. The molecule has 0 spiro atoms. The van der Waals surface area contributed by atoms with Crippen molar-refractivity contribution in [3.05, 3.63) is 70.8 Å². The highest BCUT2D eigenvalue weighted by Gasteiger charge is 2.01. The van der Waals surface area contributed by atoms with Crippen LogP contribution in [0.5, 0.6) is 0 Å². The molecule has 2 N–H and O–H groups in total. The molecular weight excluding hydrogens is 425 g/mol. The van der Waals surface area contributed by atoms with Gasteiger partial charge in [0, 0.05) is 20.2 Å². The summed E-state index contributed by atoms with van der Waals surface area (Å²) < 4.78 is 5.19. The molecular formula is C20H28IN3O. The molecule has 0 unspecified atom stereocenters. The van der Waals surface area contributed by atoms with Gasteiger partial charge in [0.1, 0.15) is 0 Å². The van der Waals surface area contributed by atoms with E-state index in [1.54, 1.807) is 7.11 Å². The summed E-state index contributed by atoms with van der Waals surface area (Å²) in [7, 11) is 1.71. The van der Waals surface area contributed by atoms with Gasteiger partial charge < -0.3 is 15.4 Å². The van der Waals surface area contributed by atoms with Gasteiger partial charge in [0.25, 0.3) is 0 Å². The van der Waals surface area contributed by atoms with Crippen LogP contribution >= 0.6 is 24.0 Å². The van der Waals surface area contributed by atoms with Gasteiger partial charge in [-0.15, -0.1) is 24.0 Å². The van der Waals surface area contributed by atoms with Crippen LogP contribution in [0.4, 0.5) is 0 Å². The van der Waals surface area contributed by atoms with Crippen molar-refractivity contribution in [1.29, 1.82) is 0 Å². The van der Waals surface area contributed by atoms with Gasteiger partial charge in [-0.1, -0.05) is 48.5 Å². The van der Waals surface area contributed by atoms with Crippen LogP contribution in [0.15, 0.2) is 53.5 Å². The molecule has 136 valence electrons. The summed E-state index contributed by atoms with van der Waals surface area (Å²) >= 11 is 0. The van der Waals surface area contributed by atoms with Gasteiger partial charge in [-0.25, -0.2) is 4.99 Å². The lowest BCUT2D eigenvalue weighted by atomic mass is 10.1. The maximum absolute atomic E-state index is 5.19. The zero-order valence-electron chi connectivity index (χ0n) is 15.2. The average Bonchev–Trinajstić information content (AvgIpc) is 2.59. The van der Waals surface area contributed by atoms with Crippen molar-refractivity contribution in [2.45, 2.75) is 33.5 Å². The smallest absolute Gasteiger partial charge is 0.191 e. The number of aliphatic imine (C=N–C) groups is 1. The number of rotatable bonds is 7. The van der Waals surface area contributed by atoms with Gasteiger partial charge in [-0.3, -0.25) is 0 Å². The summed E-state index contributed by atoms with van der Waals surface area (Å²) in [6.45, 7) is 7.07. The van der Waals surface area contributed by atoms with E-state index in [9.17, 15) is 0 Å². The van der Waals surface area contributed by atoms with Crippen LogP contribution in [0.1, 0.15) is 29.2 Å². The summed E-state index contributed by atoms with van der Waals surface area (Å²) in [5.41, 5.74) is 4.92. The van der Waals surface area contributed by atoms with E-state index in [0.717, 1.165) is 19.0 Å². The molecule has 0 saturated carbocycles. The van der Waals surface area contributed by atoms with Crippen molar-refractivity contribution in [1.82, 2.24) is 10.6 Å². The summed E-state index contributed by atoms with van der Waals surface area (Å²) in [5.74, 6) is 0.831. The zero-order valence-corrected chi connectivity index (χ0v) is 17.5. The standard InChI is InChI=1S/C20H27N3O.HI/c1-4-21-20(23-14-19-11-6-5-8-16(19)2)22-13-17-9-7-10-18(12-17)15-24-3;/h5-12H,4,13-15H2,1-3H3,(H2,21,22,23);1H. The fraction of sp³-hybridized carbons (Fsp3) is 0.350. The van der Waals surface area contributed by atoms with Crippen molar-refractivity contribution >= 4 is 29.9 Å². The van der Waals surface area contributed by atoms with Crippen LogP contribution in [0.3, 0.4) is 0 Å². The van der Waals surface area contributed by atoms with Crippen LogP contribution < -0.4 is 10.6 Å². The van der Waals surface area contributed by atoms with Crippen LogP contribution in [-0.2, 0) is 24.4 Å². The summed E-state index contributed by atoms with van der Waals surface area (Å²) in [5, 5.41) is 6.70. The average molecular weight is 453 g/mol. The quantitative estimate of drug-likeness (QED) is 0.378. The molecule has 0 radical (unpaired) electrons.